The molecule has 2 heterocycles. The highest BCUT2D eigenvalue weighted by molar-refractivity contribution is 5.10. The molecule has 0 radical (unpaired) electrons. The fourth-order valence-electron chi connectivity index (χ4n) is 1.59. The van der Waals surface area contributed by atoms with Gasteiger partial charge in [0.05, 0.1) is 11.7 Å². The molecule has 1 aliphatic heterocycles. The molecule has 1 aromatic heterocycles. The van der Waals surface area contributed by atoms with Gasteiger partial charge in [0.1, 0.15) is 5.82 Å². The van der Waals surface area contributed by atoms with E-state index in [4.69, 9.17) is 5.73 Å². The summed E-state index contributed by atoms with van der Waals surface area (Å²) in [5, 5.41) is 0. The molecule has 78 valence electrons. The SMILES string of the molecule is CC1NNNC1c1cnc(CCN)[nH]1. The molecule has 0 aromatic carbocycles. The van der Waals surface area contributed by atoms with Crippen molar-refractivity contribution in [1.29, 1.82) is 0 Å². The summed E-state index contributed by atoms with van der Waals surface area (Å²) in [5.41, 5.74) is 15.6. The van der Waals surface area contributed by atoms with Crippen molar-refractivity contribution >= 4 is 0 Å². The molecule has 0 bridgehead atoms. The van der Waals surface area contributed by atoms with E-state index >= 15 is 0 Å². The lowest BCUT2D eigenvalue weighted by atomic mass is 10.1. The molecule has 2 unspecified atom stereocenters. The van der Waals surface area contributed by atoms with Gasteiger partial charge < -0.3 is 10.7 Å². The molecule has 0 aliphatic carbocycles. The van der Waals surface area contributed by atoms with E-state index in [1.807, 2.05) is 6.20 Å². The van der Waals surface area contributed by atoms with E-state index in [-0.39, 0.29) is 6.04 Å². The summed E-state index contributed by atoms with van der Waals surface area (Å²) in [5.74, 6) is 0.948. The van der Waals surface area contributed by atoms with Crippen LogP contribution in [0.5, 0.6) is 0 Å². The summed E-state index contributed by atoms with van der Waals surface area (Å²) in [6.45, 7) is 2.72. The number of H-pyrrole nitrogens is 1. The Morgan fingerprint density at radius 3 is 3.00 bits per heavy atom. The van der Waals surface area contributed by atoms with Crippen LogP contribution in [0, 0.1) is 0 Å². The van der Waals surface area contributed by atoms with E-state index in [9.17, 15) is 0 Å². The Kier molecular flexibility index (Phi) is 2.78. The quantitative estimate of drug-likeness (QED) is 0.426. The van der Waals surface area contributed by atoms with Crippen LogP contribution in [-0.2, 0) is 6.42 Å². The predicted octanol–water partition coefficient (Wildman–Crippen LogP) is -1.05. The van der Waals surface area contributed by atoms with Gasteiger partial charge in [0.2, 0.25) is 0 Å². The smallest absolute Gasteiger partial charge is 0.107 e. The fraction of sp³-hybridized carbons (Fsp3) is 0.625. The van der Waals surface area contributed by atoms with Crippen LogP contribution in [-0.4, -0.2) is 22.6 Å². The first-order valence-electron chi connectivity index (χ1n) is 4.81. The molecule has 14 heavy (non-hydrogen) atoms. The minimum absolute atomic E-state index is 0.231. The van der Waals surface area contributed by atoms with Crippen molar-refractivity contribution in [3.05, 3.63) is 17.7 Å². The van der Waals surface area contributed by atoms with Gasteiger partial charge in [0.25, 0.3) is 0 Å². The van der Waals surface area contributed by atoms with Crippen LogP contribution in [0.25, 0.3) is 0 Å². The van der Waals surface area contributed by atoms with Crippen molar-refractivity contribution in [3.8, 4) is 0 Å². The number of nitrogens with one attached hydrogen (secondary N) is 4. The van der Waals surface area contributed by atoms with Gasteiger partial charge in [-0.1, -0.05) is 0 Å². The van der Waals surface area contributed by atoms with Crippen LogP contribution >= 0.6 is 0 Å². The third-order valence-electron chi connectivity index (χ3n) is 2.39. The lowest BCUT2D eigenvalue weighted by Gasteiger charge is -2.10. The first-order valence-corrected chi connectivity index (χ1v) is 4.81. The first kappa shape index (κ1) is 9.60. The Morgan fingerprint density at radius 2 is 2.36 bits per heavy atom. The molecular formula is C8H16N6. The highest BCUT2D eigenvalue weighted by Crippen LogP contribution is 2.16. The second kappa shape index (κ2) is 4.05. The van der Waals surface area contributed by atoms with Gasteiger partial charge in [-0.05, 0) is 13.5 Å². The van der Waals surface area contributed by atoms with Gasteiger partial charge in [-0.3, -0.25) is 0 Å². The standard InChI is InChI=1S/C8H16N6/c1-5-8(13-14-12-5)6-4-10-7(11-6)2-3-9/h4-5,8,12-14H,2-3,9H2,1H3,(H,10,11). The van der Waals surface area contributed by atoms with Crippen LogP contribution in [0.15, 0.2) is 6.20 Å². The summed E-state index contributed by atoms with van der Waals surface area (Å²) in [7, 11) is 0. The second-order valence-electron chi connectivity index (χ2n) is 3.50. The zero-order valence-electron chi connectivity index (χ0n) is 8.17. The molecule has 0 amide bonds. The molecule has 6 heteroatoms. The van der Waals surface area contributed by atoms with Gasteiger partial charge in [-0.2, -0.15) is 5.53 Å². The van der Waals surface area contributed by atoms with Crippen molar-refractivity contribution in [2.75, 3.05) is 6.54 Å². The monoisotopic (exact) mass is 196 g/mol. The maximum Gasteiger partial charge on any atom is 0.107 e. The molecule has 1 aromatic rings. The van der Waals surface area contributed by atoms with Gasteiger partial charge in [-0.15, -0.1) is 0 Å². The third kappa shape index (κ3) is 1.78. The number of nitrogens with zero attached hydrogens (tertiary/aromatic N) is 1. The van der Waals surface area contributed by atoms with E-state index in [0.29, 0.717) is 12.6 Å². The normalized spacial score (nSPS) is 27.0. The van der Waals surface area contributed by atoms with Crippen molar-refractivity contribution in [2.24, 2.45) is 5.73 Å². The lowest BCUT2D eigenvalue weighted by molar-refractivity contribution is 0.547. The van der Waals surface area contributed by atoms with Gasteiger partial charge in [0, 0.05) is 18.7 Å². The molecule has 6 N–H and O–H groups in total. The molecule has 1 aliphatic rings. The first-order chi connectivity index (χ1) is 6.81. The van der Waals surface area contributed by atoms with E-state index < -0.39 is 0 Å². The average Bonchev–Trinajstić information content (AvgIpc) is 2.74. The van der Waals surface area contributed by atoms with Gasteiger partial charge >= 0.3 is 0 Å². The molecule has 2 rings (SSSR count). The topological polar surface area (TPSA) is 90.8 Å². The van der Waals surface area contributed by atoms with Gasteiger partial charge in [0.15, 0.2) is 0 Å². The highest BCUT2D eigenvalue weighted by atomic mass is 15.7. The number of hydrogen-bond donors (Lipinski definition) is 5. The molecule has 0 saturated carbocycles. The second-order valence-corrected chi connectivity index (χ2v) is 3.50. The zero-order chi connectivity index (χ0) is 9.97. The largest absolute Gasteiger partial charge is 0.344 e. The van der Waals surface area contributed by atoms with E-state index in [1.54, 1.807) is 0 Å². The van der Waals surface area contributed by atoms with Crippen LogP contribution < -0.4 is 22.1 Å². The molecule has 1 fully saturated rings. The van der Waals surface area contributed by atoms with Crippen LogP contribution in [0.2, 0.25) is 0 Å². The van der Waals surface area contributed by atoms with Crippen molar-refractivity contribution < 1.29 is 0 Å². The summed E-state index contributed by atoms with van der Waals surface area (Å²) in [4.78, 5) is 7.51. The number of aromatic nitrogens is 2. The minimum atomic E-state index is 0.231. The van der Waals surface area contributed by atoms with E-state index in [2.05, 4.69) is 33.3 Å². The van der Waals surface area contributed by atoms with Crippen LogP contribution in [0.1, 0.15) is 24.5 Å². The number of imidazole rings is 1. The number of hydrogen-bond acceptors (Lipinski definition) is 5. The number of nitrogens with two attached hydrogens (primary N) is 1. The molecule has 1 saturated heterocycles. The molecule has 2 atom stereocenters. The average molecular weight is 196 g/mol. The maximum atomic E-state index is 5.45. The summed E-state index contributed by atoms with van der Waals surface area (Å²) < 4.78 is 0. The zero-order valence-corrected chi connectivity index (χ0v) is 8.17. The predicted molar refractivity (Wildman–Crippen MR) is 53.0 cm³/mol. The Balaban J connectivity index is 2.08. The Hall–Kier alpha value is -0.950. The maximum absolute atomic E-state index is 5.45. The van der Waals surface area contributed by atoms with Gasteiger partial charge in [-0.25, -0.2) is 15.8 Å². The van der Waals surface area contributed by atoms with E-state index in [0.717, 1.165) is 17.9 Å². The number of rotatable bonds is 3. The highest BCUT2D eigenvalue weighted by Gasteiger charge is 2.25. The Labute approximate surface area is 82.6 Å². The summed E-state index contributed by atoms with van der Waals surface area (Å²) >= 11 is 0. The summed E-state index contributed by atoms with van der Waals surface area (Å²) in [6.07, 6.45) is 2.65. The minimum Gasteiger partial charge on any atom is -0.344 e. The number of aromatic amines is 1. The Morgan fingerprint density at radius 1 is 1.50 bits per heavy atom. The fourth-order valence-corrected chi connectivity index (χ4v) is 1.59. The lowest BCUT2D eigenvalue weighted by Crippen LogP contribution is -2.32. The summed E-state index contributed by atoms with van der Waals surface area (Å²) in [6, 6.07) is 0.565. The van der Waals surface area contributed by atoms with E-state index in [1.165, 1.54) is 0 Å². The van der Waals surface area contributed by atoms with Crippen molar-refractivity contribution in [3.63, 3.8) is 0 Å². The van der Waals surface area contributed by atoms with Crippen LogP contribution in [0.4, 0.5) is 0 Å². The number of hydrazine groups is 2. The molecule has 0 spiro atoms. The Bertz CT molecular complexity index is 296. The molecular weight excluding hydrogens is 180 g/mol. The van der Waals surface area contributed by atoms with Crippen molar-refractivity contribution in [2.45, 2.75) is 25.4 Å². The van der Waals surface area contributed by atoms with Crippen LogP contribution in [0.3, 0.4) is 0 Å². The third-order valence-corrected chi connectivity index (χ3v) is 2.39. The molecule has 6 nitrogen and oxygen atoms in total. The van der Waals surface area contributed by atoms with Crippen molar-refractivity contribution in [1.82, 2.24) is 26.4 Å².